The van der Waals surface area contributed by atoms with E-state index in [-0.39, 0.29) is 17.8 Å². The second-order valence-electron chi connectivity index (χ2n) is 4.67. The molecule has 0 fully saturated rings. The quantitative estimate of drug-likeness (QED) is 0.738. The number of aryl methyl sites for hydroxylation is 1. The van der Waals surface area contributed by atoms with E-state index in [0.29, 0.717) is 16.9 Å². The molecule has 8 heteroatoms. The van der Waals surface area contributed by atoms with Crippen LogP contribution in [0.15, 0.2) is 35.5 Å². The molecule has 0 atom stereocenters. The van der Waals surface area contributed by atoms with Crippen LogP contribution in [0, 0.1) is 6.92 Å². The first-order valence-electron chi connectivity index (χ1n) is 6.47. The van der Waals surface area contributed by atoms with Crippen LogP contribution in [0.1, 0.15) is 23.5 Å². The van der Waals surface area contributed by atoms with E-state index >= 15 is 0 Å². The van der Waals surface area contributed by atoms with Crippen molar-refractivity contribution >= 4 is 11.2 Å². The highest BCUT2D eigenvalue weighted by Crippen LogP contribution is 2.19. The van der Waals surface area contributed by atoms with Gasteiger partial charge in [-0.2, -0.15) is 0 Å². The number of alkyl halides is 2. The van der Waals surface area contributed by atoms with E-state index in [2.05, 4.69) is 19.9 Å². The van der Waals surface area contributed by atoms with Crippen LogP contribution in [0.4, 0.5) is 8.78 Å². The number of aromatic nitrogens is 5. The summed E-state index contributed by atoms with van der Waals surface area (Å²) >= 11 is 0. The fraction of sp³-hybridized carbons (Fsp3) is 0.214. The molecular formula is C14H11F2N5O. The molecule has 0 aliphatic rings. The van der Waals surface area contributed by atoms with Gasteiger partial charge >= 0.3 is 0 Å². The van der Waals surface area contributed by atoms with E-state index in [1.165, 1.54) is 23.0 Å². The van der Waals surface area contributed by atoms with Gasteiger partial charge in [0.05, 0.1) is 17.9 Å². The Bertz CT molecular complexity index is 894. The predicted octanol–water partition coefficient (Wildman–Crippen LogP) is 1.88. The fourth-order valence-electron chi connectivity index (χ4n) is 2.12. The standard InChI is InChI=1S/C14H11F2N5O/c1-8-6-19-9-2-3-11(22)21(14(9)20-8)7-10-12(13(15)16)18-5-4-17-10/h2-6,13H,7H2,1H3. The van der Waals surface area contributed by atoms with Crippen molar-refractivity contribution in [3.63, 3.8) is 0 Å². The highest BCUT2D eigenvalue weighted by Gasteiger charge is 2.17. The molecular weight excluding hydrogens is 292 g/mol. The zero-order valence-electron chi connectivity index (χ0n) is 11.6. The van der Waals surface area contributed by atoms with Crippen molar-refractivity contribution in [3.8, 4) is 0 Å². The molecule has 3 aromatic rings. The van der Waals surface area contributed by atoms with Gasteiger partial charge < -0.3 is 0 Å². The van der Waals surface area contributed by atoms with Crippen molar-refractivity contribution in [2.24, 2.45) is 0 Å². The zero-order valence-corrected chi connectivity index (χ0v) is 11.6. The molecule has 0 radical (unpaired) electrons. The van der Waals surface area contributed by atoms with Crippen molar-refractivity contribution in [1.82, 2.24) is 24.5 Å². The first-order valence-corrected chi connectivity index (χ1v) is 6.47. The first-order chi connectivity index (χ1) is 10.6. The molecule has 0 aliphatic heterocycles. The minimum absolute atomic E-state index is 0.0374. The SMILES string of the molecule is Cc1cnc2ccc(=O)n(Cc3nccnc3C(F)F)c2n1. The molecule has 0 spiro atoms. The molecule has 3 aromatic heterocycles. The molecule has 22 heavy (non-hydrogen) atoms. The van der Waals surface area contributed by atoms with Gasteiger partial charge in [0.15, 0.2) is 5.65 Å². The maximum atomic E-state index is 13.0. The molecule has 0 aliphatic carbocycles. The second kappa shape index (κ2) is 5.55. The summed E-state index contributed by atoms with van der Waals surface area (Å²) in [6.45, 7) is 1.60. The van der Waals surface area contributed by atoms with Crippen LogP contribution in [0.2, 0.25) is 0 Å². The maximum absolute atomic E-state index is 13.0. The Morgan fingerprint density at radius 2 is 1.95 bits per heavy atom. The van der Waals surface area contributed by atoms with E-state index in [0.717, 1.165) is 0 Å². The van der Waals surface area contributed by atoms with Gasteiger partial charge in [-0.15, -0.1) is 0 Å². The Hall–Kier alpha value is -2.77. The Labute approximate surface area is 123 Å². The molecule has 0 saturated heterocycles. The van der Waals surface area contributed by atoms with Gasteiger partial charge in [-0.25, -0.2) is 13.8 Å². The first kappa shape index (κ1) is 14.2. The van der Waals surface area contributed by atoms with E-state index < -0.39 is 12.1 Å². The van der Waals surface area contributed by atoms with Crippen LogP contribution >= 0.6 is 0 Å². The monoisotopic (exact) mass is 303 g/mol. The second-order valence-corrected chi connectivity index (χ2v) is 4.67. The molecule has 112 valence electrons. The zero-order chi connectivity index (χ0) is 15.7. The Kier molecular flexibility index (Phi) is 3.58. The van der Waals surface area contributed by atoms with E-state index in [1.807, 2.05) is 0 Å². The number of hydrogen-bond acceptors (Lipinski definition) is 5. The molecule has 0 aromatic carbocycles. The van der Waals surface area contributed by atoms with Crippen LogP contribution in [0.25, 0.3) is 11.2 Å². The third-order valence-electron chi connectivity index (χ3n) is 3.13. The van der Waals surface area contributed by atoms with E-state index in [4.69, 9.17) is 0 Å². The van der Waals surface area contributed by atoms with Gasteiger partial charge in [0, 0.05) is 24.7 Å². The van der Waals surface area contributed by atoms with Gasteiger partial charge in [-0.1, -0.05) is 0 Å². The lowest BCUT2D eigenvalue weighted by molar-refractivity contribution is 0.144. The molecule has 0 bridgehead atoms. The van der Waals surface area contributed by atoms with Gasteiger partial charge in [0.1, 0.15) is 11.2 Å². The Morgan fingerprint density at radius 1 is 1.18 bits per heavy atom. The van der Waals surface area contributed by atoms with Gasteiger partial charge in [-0.3, -0.25) is 24.3 Å². The van der Waals surface area contributed by atoms with Crippen LogP contribution in [-0.4, -0.2) is 24.5 Å². The van der Waals surface area contributed by atoms with E-state index in [1.54, 1.807) is 19.2 Å². The summed E-state index contributed by atoms with van der Waals surface area (Å²) in [5, 5.41) is 0. The minimum atomic E-state index is -2.76. The van der Waals surface area contributed by atoms with Crippen molar-refractivity contribution in [2.75, 3.05) is 0 Å². The molecule has 0 unspecified atom stereocenters. The topological polar surface area (TPSA) is 73.6 Å². The predicted molar refractivity (Wildman–Crippen MR) is 74.6 cm³/mol. The summed E-state index contributed by atoms with van der Waals surface area (Å²) < 4.78 is 27.3. The minimum Gasteiger partial charge on any atom is -0.285 e. The lowest BCUT2D eigenvalue weighted by Gasteiger charge is -2.11. The summed E-state index contributed by atoms with van der Waals surface area (Å²) in [5.41, 5.74) is 0.701. The number of rotatable bonds is 3. The largest absolute Gasteiger partial charge is 0.285 e. The smallest absolute Gasteiger partial charge is 0.282 e. The summed E-state index contributed by atoms with van der Waals surface area (Å²) in [5.74, 6) is 0. The van der Waals surface area contributed by atoms with Gasteiger partial charge in [-0.05, 0) is 13.0 Å². The van der Waals surface area contributed by atoms with E-state index in [9.17, 15) is 13.6 Å². The summed E-state index contributed by atoms with van der Waals surface area (Å²) in [6, 6.07) is 2.87. The molecule has 3 heterocycles. The third kappa shape index (κ3) is 2.54. The number of fused-ring (bicyclic) bond motifs is 1. The van der Waals surface area contributed by atoms with Gasteiger partial charge in [0.25, 0.3) is 12.0 Å². The number of halogens is 2. The average molecular weight is 303 g/mol. The highest BCUT2D eigenvalue weighted by atomic mass is 19.3. The fourth-order valence-corrected chi connectivity index (χ4v) is 2.12. The lowest BCUT2D eigenvalue weighted by atomic mass is 10.3. The molecule has 0 saturated carbocycles. The summed E-state index contributed by atoms with van der Waals surface area (Å²) in [4.78, 5) is 28.1. The van der Waals surface area contributed by atoms with Crippen LogP contribution in [0.3, 0.4) is 0 Å². The lowest BCUT2D eigenvalue weighted by Crippen LogP contribution is -2.22. The van der Waals surface area contributed by atoms with Crippen LogP contribution in [0.5, 0.6) is 0 Å². The Balaban J connectivity index is 2.17. The summed E-state index contributed by atoms with van der Waals surface area (Å²) in [6.07, 6.45) is 1.32. The van der Waals surface area contributed by atoms with Crippen molar-refractivity contribution < 1.29 is 8.78 Å². The molecule has 3 rings (SSSR count). The highest BCUT2D eigenvalue weighted by molar-refractivity contribution is 5.69. The van der Waals surface area contributed by atoms with Crippen molar-refractivity contribution in [2.45, 2.75) is 19.9 Å². The third-order valence-corrected chi connectivity index (χ3v) is 3.13. The van der Waals surface area contributed by atoms with Crippen molar-refractivity contribution in [1.29, 1.82) is 0 Å². The van der Waals surface area contributed by atoms with Crippen LogP contribution < -0.4 is 5.56 Å². The molecule has 0 N–H and O–H groups in total. The normalized spacial score (nSPS) is 11.3. The van der Waals surface area contributed by atoms with Crippen LogP contribution in [-0.2, 0) is 6.54 Å². The molecule has 6 nitrogen and oxygen atoms in total. The number of hydrogen-bond donors (Lipinski definition) is 0. The summed E-state index contributed by atoms with van der Waals surface area (Å²) in [7, 11) is 0. The molecule has 0 amide bonds. The van der Waals surface area contributed by atoms with Crippen molar-refractivity contribution in [3.05, 3.63) is 58.2 Å². The maximum Gasteiger partial charge on any atom is 0.282 e. The Morgan fingerprint density at radius 3 is 2.73 bits per heavy atom. The average Bonchev–Trinajstić information content (AvgIpc) is 2.50. The van der Waals surface area contributed by atoms with Gasteiger partial charge in [0.2, 0.25) is 0 Å². The number of pyridine rings is 1. The number of nitrogens with zero attached hydrogens (tertiary/aromatic N) is 5.